The van der Waals surface area contributed by atoms with E-state index in [1.54, 1.807) is 18.2 Å². The van der Waals surface area contributed by atoms with Crippen molar-refractivity contribution in [3.63, 3.8) is 0 Å². The minimum Gasteiger partial charge on any atom is -0.115 e. The van der Waals surface area contributed by atoms with Crippen molar-refractivity contribution in [3.8, 4) is 37.0 Å². The van der Waals surface area contributed by atoms with E-state index < -0.39 is 0 Å². The Hall–Kier alpha value is -2.10. The maximum absolute atomic E-state index is 5.21. The molecule has 0 aliphatic heterocycles. The van der Waals surface area contributed by atoms with Gasteiger partial charge in [-0.15, -0.1) is 19.3 Å². The standard InChI is InChI=1S/C12H6.C2H6/c1-4-10-7-11(5-2)9-12(6-3)8-10;1-2/h1-3,7-9H;1-2H3. The van der Waals surface area contributed by atoms with Gasteiger partial charge < -0.3 is 0 Å². The summed E-state index contributed by atoms with van der Waals surface area (Å²) in [6.07, 6.45) is 15.6. The topological polar surface area (TPSA) is 0 Å². The Kier molecular flexibility index (Phi) is 5.46. The fraction of sp³-hybridized carbons (Fsp3) is 0.143. The molecule has 0 saturated heterocycles. The lowest BCUT2D eigenvalue weighted by Crippen LogP contribution is -1.82. The Balaban J connectivity index is 0.000000791. The first-order valence-electron chi connectivity index (χ1n) is 4.35. The predicted octanol–water partition coefficient (Wildman–Crippen LogP) is 2.66. The number of hydrogen-bond donors (Lipinski definition) is 0. The molecule has 0 amide bonds. The molecule has 0 heterocycles. The van der Waals surface area contributed by atoms with Crippen LogP contribution in [0.25, 0.3) is 0 Å². The second-order valence-electron chi connectivity index (χ2n) is 2.23. The summed E-state index contributed by atoms with van der Waals surface area (Å²) in [6.45, 7) is 4.00. The van der Waals surface area contributed by atoms with Crippen LogP contribution < -0.4 is 0 Å². The largest absolute Gasteiger partial charge is 0.115 e. The van der Waals surface area contributed by atoms with Gasteiger partial charge in [0.05, 0.1) is 0 Å². The van der Waals surface area contributed by atoms with Gasteiger partial charge in [0.15, 0.2) is 0 Å². The van der Waals surface area contributed by atoms with Gasteiger partial charge in [0.2, 0.25) is 0 Å². The second-order valence-corrected chi connectivity index (χ2v) is 2.23. The molecular formula is C14H12. The van der Waals surface area contributed by atoms with Crippen molar-refractivity contribution in [1.82, 2.24) is 0 Å². The van der Waals surface area contributed by atoms with Crippen LogP contribution in [0.4, 0.5) is 0 Å². The number of rotatable bonds is 0. The van der Waals surface area contributed by atoms with Gasteiger partial charge in [-0.2, -0.15) is 0 Å². The zero-order chi connectivity index (χ0) is 11.0. The molecule has 0 atom stereocenters. The van der Waals surface area contributed by atoms with E-state index in [0.29, 0.717) is 0 Å². The van der Waals surface area contributed by atoms with E-state index in [4.69, 9.17) is 19.3 Å². The van der Waals surface area contributed by atoms with Gasteiger partial charge in [0, 0.05) is 16.7 Å². The summed E-state index contributed by atoms with van der Waals surface area (Å²) in [4.78, 5) is 0. The maximum Gasteiger partial charge on any atom is 0.0267 e. The Morgan fingerprint density at radius 1 is 0.714 bits per heavy atom. The average molecular weight is 180 g/mol. The summed E-state index contributed by atoms with van der Waals surface area (Å²) in [5.41, 5.74) is 2.16. The molecule has 1 rings (SSSR count). The fourth-order valence-corrected chi connectivity index (χ4v) is 0.878. The Morgan fingerprint density at radius 3 is 1.07 bits per heavy atom. The first-order valence-corrected chi connectivity index (χ1v) is 4.35. The van der Waals surface area contributed by atoms with Crippen LogP contribution in [0.3, 0.4) is 0 Å². The third-order valence-corrected chi connectivity index (χ3v) is 1.43. The minimum absolute atomic E-state index is 0.721. The van der Waals surface area contributed by atoms with E-state index in [1.165, 1.54) is 0 Å². The smallest absolute Gasteiger partial charge is 0.0267 e. The van der Waals surface area contributed by atoms with Crippen molar-refractivity contribution in [2.75, 3.05) is 0 Å². The lowest BCUT2D eigenvalue weighted by molar-refractivity contribution is 1.50. The summed E-state index contributed by atoms with van der Waals surface area (Å²) >= 11 is 0. The molecule has 0 aliphatic carbocycles. The monoisotopic (exact) mass is 180 g/mol. The van der Waals surface area contributed by atoms with Crippen LogP contribution in [-0.4, -0.2) is 0 Å². The first-order chi connectivity index (χ1) is 6.80. The molecule has 0 aliphatic rings. The van der Waals surface area contributed by atoms with Crippen LogP contribution in [0, 0.1) is 37.0 Å². The molecule has 0 N–H and O–H groups in total. The number of terminal acetylenes is 3. The van der Waals surface area contributed by atoms with Gasteiger partial charge in [0.25, 0.3) is 0 Å². The van der Waals surface area contributed by atoms with E-state index in [2.05, 4.69) is 17.8 Å². The van der Waals surface area contributed by atoms with Gasteiger partial charge >= 0.3 is 0 Å². The Morgan fingerprint density at radius 2 is 0.929 bits per heavy atom. The summed E-state index contributed by atoms with van der Waals surface area (Å²) in [5.74, 6) is 7.46. The summed E-state index contributed by atoms with van der Waals surface area (Å²) < 4.78 is 0. The van der Waals surface area contributed by atoms with Gasteiger partial charge in [-0.25, -0.2) is 0 Å². The first kappa shape index (κ1) is 11.9. The van der Waals surface area contributed by atoms with Gasteiger partial charge in [0.1, 0.15) is 0 Å². The quantitative estimate of drug-likeness (QED) is 0.538. The van der Waals surface area contributed by atoms with Gasteiger partial charge in [-0.3, -0.25) is 0 Å². The zero-order valence-corrected chi connectivity index (χ0v) is 8.46. The molecule has 0 unspecified atom stereocenters. The molecule has 14 heavy (non-hydrogen) atoms. The third-order valence-electron chi connectivity index (χ3n) is 1.43. The lowest BCUT2D eigenvalue weighted by atomic mass is 10.1. The van der Waals surface area contributed by atoms with Gasteiger partial charge in [-0.05, 0) is 18.2 Å². The highest BCUT2D eigenvalue weighted by molar-refractivity contribution is 5.49. The maximum atomic E-state index is 5.21. The van der Waals surface area contributed by atoms with E-state index in [9.17, 15) is 0 Å². The molecule has 1 aromatic rings. The molecule has 0 bridgehead atoms. The van der Waals surface area contributed by atoms with Crippen molar-refractivity contribution in [2.45, 2.75) is 13.8 Å². The lowest BCUT2D eigenvalue weighted by Gasteiger charge is -1.95. The van der Waals surface area contributed by atoms with Crippen LogP contribution in [0.2, 0.25) is 0 Å². The highest BCUT2D eigenvalue weighted by Crippen LogP contribution is 2.07. The molecule has 1 aromatic carbocycles. The third kappa shape index (κ3) is 3.10. The Bertz CT molecular complexity index is 338. The van der Waals surface area contributed by atoms with E-state index in [1.807, 2.05) is 13.8 Å². The van der Waals surface area contributed by atoms with Crippen molar-refractivity contribution in [1.29, 1.82) is 0 Å². The van der Waals surface area contributed by atoms with E-state index in [0.717, 1.165) is 16.7 Å². The molecule has 0 radical (unpaired) electrons. The highest BCUT2D eigenvalue weighted by Gasteiger charge is 1.94. The SMILES string of the molecule is C#Cc1cc(C#C)cc(C#C)c1.CC. The molecule has 0 aromatic heterocycles. The number of hydrogen-bond acceptors (Lipinski definition) is 0. The second kappa shape index (κ2) is 6.42. The van der Waals surface area contributed by atoms with Crippen molar-refractivity contribution in [3.05, 3.63) is 34.9 Å². The number of benzene rings is 1. The summed E-state index contributed by atoms with van der Waals surface area (Å²) in [7, 11) is 0. The van der Waals surface area contributed by atoms with Crippen molar-refractivity contribution < 1.29 is 0 Å². The van der Waals surface area contributed by atoms with Crippen LogP contribution in [0.1, 0.15) is 30.5 Å². The summed E-state index contributed by atoms with van der Waals surface area (Å²) in [6, 6.07) is 5.25. The molecule has 68 valence electrons. The van der Waals surface area contributed by atoms with Gasteiger partial charge in [-0.1, -0.05) is 31.6 Å². The predicted molar refractivity (Wildman–Crippen MR) is 61.6 cm³/mol. The van der Waals surface area contributed by atoms with Crippen molar-refractivity contribution >= 4 is 0 Å². The van der Waals surface area contributed by atoms with Crippen LogP contribution in [-0.2, 0) is 0 Å². The average Bonchev–Trinajstić information content (AvgIpc) is 2.30. The van der Waals surface area contributed by atoms with E-state index in [-0.39, 0.29) is 0 Å². The fourth-order valence-electron chi connectivity index (χ4n) is 0.878. The van der Waals surface area contributed by atoms with Crippen LogP contribution in [0.5, 0.6) is 0 Å². The van der Waals surface area contributed by atoms with Crippen LogP contribution >= 0.6 is 0 Å². The molecule has 0 fully saturated rings. The zero-order valence-electron chi connectivity index (χ0n) is 8.46. The molecule has 0 heteroatoms. The molecule has 0 saturated carbocycles. The summed E-state index contributed by atoms with van der Waals surface area (Å²) in [5, 5.41) is 0. The normalized spacial score (nSPS) is 7.07. The minimum atomic E-state index is 0.721. The molecular weight excluding hydrogens is 168 g/mol. The molecule has 0 spiro atoms. The van der Waals surface area contributed by atoms with E-state index >= 15 is 0 Å². The van der Waals surface area contributed by atoms with Crippen LogP contribution in [0.15, 0.2) is 18.2 Å². The highest BCUT2D eigenvalue weighted by atomic mass is 14.0. The Labute approximate surface area is 86.4 Å². The van der Waals surface area contributed by atoms with Crippen molar-refractivity contribution in [2.24, 2.45) is 0 Å². The molecule has 0 nitrogen and oxygen atoms in total.